The number of likely N-dealkylation sites (N-methyl/N-ethyl adjacent to an activating group) is 1. The van der Waals surface area contributed by atoms with Crippen LogP contribution in [0.4, 0.5) is 0 Å². The molecule has 106 valence electrons. The molecule has 0 spiro atoms. The van der Waals surface area contributed by atoms with Crippen LogP contribution in [0.2, 0.25) is 0 Å². The highest BCUT2D eigenvalue weighted by molar-refractivity contribution is 5.20. The standard InChI is InChI=1S/C16H22N4/c1-13-15(18-12-17-13)10-20-9-8-19(2)16(11-20)14-6-4-3-5-7-14/h3-7,12,16H,8-11H2,1-2H3,(H,17,18)/t16-/m0/s1. The van der Waals surface area contributed by atoms with Crippen LogP contribution < -0.4 is 0 Å². The lowest BCUT2D eigenvalue weighted by Crippen LogP contribution is -2.46. The highest BCUT2D eigenvalue weighted by Crippen LogP contribution is 2.24. The van der Waals surface area contributed by atoms with Crippen molar-refractivity contribution in [2.75, 3.05) is 26.7 Å². The van der Waals surface area contributed by atoms with E-state index in [1.165, 1.54) is 17.0 Å². The van der Waals surface area contributed by atoms with Crippen molar-refractivity contribution >= 4 is 0 Å². The molecular formula is C16H22N4. The molecule has 3 rings (SSSR count). The number of aromatic amines is 1. The van der Waals surface area contributed by atoms with E-state index in [9.17, 15) is 0 Å². The number of aryl methyl sites for hydroxylation is 1. The Morgan fingerprint density at radius 2 is 2.05 bits per heavy atom. The summed E-state index contributed by atoms with van der Waals surface area (Å²) in [7, 11) is 2.22. The van der Waals surface area contributed by atoms with Gasteiger partial charge >= 0.3 is 0 Å². The molecule has 0 unspecified atom stereocenters. The number of aromatic nitrogens is 2. The summed E-state index contributed by atoms with van der Waals surface area (Å²) in [6, 6.07) is 11.3. The number of imidazole rings is 1. The second-order valence-electron chi connectivity index (χ2n) is 5.62. The van der Waals surface area contributed by atoms with Crippen molar-refractivity contribution in [3.63, 3.8) is 0 Å². The second-order valence-corrected chi connectivity index (χ2v) is 5.62. The normalized spacial score (nSPS) is 21.2. The van der Waals surface area contributed by atoms with Gasteiger partial charge in [-0.3, -0.25) is 9.80 Å². The average molecular weight is 270 g/mol. The fraction of sp³-hybridized carbons (Fsp3) is 0.438. The van der Waals surface area contributed by atoms with Crippen molar-refractivity contribution in [1.29, 1.82) is 0 Å². The van der Waals surface area contributed by atoms with Crippen LogP contribution in [0.3, 0.4) is 0 Å². The summed E-state index contributed by atoms with van der Waals surface area (Å²) in [6.07, 6.45) is 1.79. The van der Waals surface area contributed by atoms with E-state index in [0.29, 0.717) is 6.04 Å². The molecule has 1 aromatic heterocycles. The van der Waals surface area contributed by atoms with Crippen LogP contribution in [0, 0.1) is 6.92 Å². The molecule has 4 heteroatoms. The van der Waals surface area contributed by atoms with Crippen LogP contribution in [0.5, 0.6) is 0 Å². The van der Waals surface area contributed by atoms with E-state index >= 15 is 0 Å². The van der Waals surface area contributed by atoms with Crippen LogP contribution in [0.25, 0.3) is 0 Å². The number of nitrogens with zero attached hydrogens (tertiary/aromatic N) is 3. The van der Waals surface area contributed by atoms with Gasteiger partial charge in [0.2, 0.25) is 0 Å². The Morgan fingerprint density at radius 3 is 2.75 bits per heavy atom. The van der Waals surface area contributed by atoms with Gasteiger partial charge in [0.1, 0.15) is 0 Å². The van der Waals surface area contributed by atoms with Crippen molar-refractivity contribution in [3.8, 4) is 0 Å². The molecule has 2 heterocycles. The predicted molar refractivity (Wildman–Crippen MR) is 80.4 cm³/mol. The molecule has 20 heavy (non-hydrogen) atoms. The Kier molecular flexibility index (Phi) is 3.85. The van der Waals surface area contributed by atoms with Crippen molar-refractivity contribution < 1.29 is 0 Å². The van der Waals surface area contributed by atoms with E-state index in [2.05, 4.69) is 64.1 Å². The molecule has 1 atom stereocenters. The minimum Gasteiger partial charge on any atom is -0.348 e. The monoisotopic (exact) mass is 270 g/mol. The zero-order valence-corrected chi connectivity index (χ0v) is 12.2. The zero-order chi connectivity index (χ0) is 13.9. The Balaban J connectivity index is 1.72. The summed E-state index contributed by atoms with van der Waals surface area (Å²) in [5, 5.41) is 0. The van der Waals surface area contributed by atoms with Gasteiger partial charge in [-0.2, -0.15) is 0 Å². The van der Waals surface area contributed by atoms with Gasteiger partial charge in [-0.15, -0.1) is 0 Å². The number of hydrogen-bond donors (Lipinski definition) is 1. The second kappa shape index (κ2) is 5.77. The lowest BCUT2D eigenvalue weighted by atomic mass is 10.0. The third-order valence-corrected chi connectivity index (χ3v) is 4.22. The van der Waals surface area contributed by atoms with Crippen LogP contribution in [0.15, 0.2) is 36.7 Å². The van der Waals surface area contributed by atoms with Crippen LogP contribution >= 0.6 is 0 Å². The number of rotatable bonds is 3. The van der Waals surface area contributed by atoms with Gasteiger partial charge < -0.3 is 4.98 Å². The fourth-order valence-electron chi connectivity index (χ4n) is 2.87. The Hall–Kier alpha value is -1.65. The van der Waals surface area contributed by atoms with E-state index in [0.717, 1.165) is 26.2 Å². The molecule has 1 saturated heterocycles. The Labute approximate surface area is 120 Å². The van der Waals surface area contributed by atoms with Gasteiger partial charge in [0, 0.05) is 37.9 Å². The first kappa shape index (κ1) is 13.3. The molecule has 1 aliphatic heterocycles. The summed E-state index contributed by atoms with van der Waals surface area (Å²) in [4.78, 5) is 12.5. The maximum atomic E-state index is 4.42. The molecule has 0 saturated carbocycles. The molecule has 0 bridgehead atoms. The highest BCUT2D eigenvalue weighted by Gasteiger charge is 2.25. The highest BCUT2D eigenvalue weighted by atomic mass is 15.3. The first-order valence-corrected chi connectivity index (χ1v) is 7.20. The van der Waals surface area contributed by atoms with Crippen LogP contribution in [0.1, 0.15) is 23.0 Å². The van der Waals surface area contributed by atoms with Crippen molar-refractivity contribution in [2.24, 2.45) is 0 Å². The van der Waals surface area contributed by atoms with Gasteiger partial charge in [-0.05, 0) is 19.5 Å². The molecule has 1 aromatic carbocycles. The van der Waals surface area contributed by atoms with Crippen LogP contribution in [-0.4, -0.2) is 46.4 Å². The van der Waals surface area contributed by atoms with Crippen LogP contribution in [-0.2, 0) is 6.54 Å². The number of piperazine rings is 1. The first-order valence-electron chi connectivity index (χ1n) is 7.20. The van der Waals surface area contributed by atoms with Crippen molar-refractivity contribution in [1.82, 2.24) is 19.8 Å². The fourth-order valence-corrected chi connectivity index (χ4v) is 2.87. The van der Waals surface area contributed by atoms with E-state index < -0.39 is 0 Å². The SMILES string of the molecule is Cc1[nH]cnc1CN1CCN(C)[C@H](c2ccccc2)C1. The van der Waals surface area contributed by atoms with Gasteiger partial charge in [0.25, 0.3) is 0 Å². The van der Waals surface area contributed by atoms with E-state index in [1.54, 1.807) is 6.33 Å². The minimum absolute atomic E-state index is 0.476. The quantitative estimate of drug-likeness (QED) is 0.928. The molecule has 2 aromatic rings. The third-order valence-electron chi connectivity index (χ3n) is 4.22. The average Bonchev–Trinajstić information content (AvgIpc) is 2.87. The van der Waals surface area contributed by atoms with Gasteiger partial charge in [-0.25, -0.2) is 4.98 Å². The van der Waals surface area contributed by atoms with E-state index in [4.69, 9.17) is 0 Å². The van der Waals surface area contributed by atoms with Gasteiger partial charge in [-0.1, -0.05) is 30.3 Å². The smallest absolute Gasteiger partial charge is 0.0925 e. The number of H-pyrrole nitrogens is 1. The lowest BCUT2D eigenvalue weighted by Gasteiger charge is -2.39. The largest absolute Gasteiger partial charge is 0.348 e. The third kappa shape index (κ3) is 2.76. The first-order chi connectivity index (χ1) is 9.74. The minimum atomic E-state index is 0.476. The number of hydrogen-bond acceptors (Lipinski definition) is 3. The molecule has 0 radical (unpaired) electrons. The van der Waals surface area contributed by atoms with Crippen molar-refractivity contribution in [3.05, 3.63) is 53.6 Å². The summed E-state index contributed by atoms with van der Waals surface area (Å²) in [6.45, 7) is 6.29. The molecule has 0 aliphatic carbocycles. The molecule has 4 nitrogen and oxygen atoms in total. The Bertz CT molecular complexity index is 549. The maximum absolute atomic E-state index is 4.42. The summed E-state index contributed by atoms with van der Waals surface area (Å²) in [5.41, 5.74) is 3.75. The van der Waals surface area contributed by atoms with E-state index in [1.807, 2.05) is 0 Å². The molecule has 1 fully saturated rings. The lowest BCUT2D eigenvalue weighted by molar-refractivity contribution is 0.0895. The topological polar surface area (TPSA) is 35.2 Å². The molecule has 1 N–H and O–H groups in total. The summed E-state index contributed by atoms with van der Waals surface area (Å²) < 4.78 is 0. The Morgan fingerprint density at radius 1 is 1.25 bits per heavy atom. The maximum Gasteiger partial charge on any atom is 0.0925 e. The summed E-state index contributed by atoms with van der Waals surface area (Å²) in [5.74, 6) is 0. The molecule has 1 aliphatic rings. The number of benzene rings is 1. The van der Waals surface area contributed by atoms with Gasteiger partial charge in [0.05, 0.1) is 12.0 Å². The van der Waals surface area contributed by atoms with Crippen molar-refractivity contribution in [2.45, 2.75) is 19.5 Å². The van der Waals surface area contributed by atoms with Gasteiger partial charge in [0.15, 0.2) is 0 Å². The van der Waals surface area contributed by atoms with E-state index in [-0.39, 0.29) is 0 Å². The molecule has 0 amide bonds. The zero-order valence-electron chi connectivity index (χ0n) is 12.2. The molecular weight excluding hydrogens is 248 g/mol. The predicted octanol–water partition coefficient (Wildman–Crippen LogP) is 2.21. The number of nitrogens with one attached hydrogen (secondary N) is 1. The summed E-state index contributed by atoms with van der Waals surface area (Å²) >= 11 is 0.